The maximum Gasteiger partial charge on any atom is 0.0991 e. The maximum absolute atomic E-state index is 9.14. The van der Waals surface area contributed by atoms with E-state index in [0.717, 1.165) is 43.5 Å². The number of rotatable bonds is 6. The summed E-state index contributed by atoms with van der Waals surface area (Å²) in [6, 6.07) is 8.33. The molecule has 0 radical (unpaired) electrons. The molecule has 4 nitrogen and oxygen atoms in total. The van der Waals surface area contributed by atoms with Gasteiger partial charge in [0.15, 0.2) is 0 Å². The van der Waals surface area contributed by atoms with Gasteiger partial charge in [0.2, 0.25) is 0 Å². The lowest BCUT2D eigenvalue weighted by Crippen LogP contribution is -2.13. The van der Waals surface area contributed by atoms with Crippen LogP contribution in [-0.4, -0.2) is 35.5 Å². The minimum atomic E-state index is 0.746. The van der Waals surface area contributed by atoms with Crippen LogP contribution in [0.15, 0.2) is 42.4 Å². The molecule has 1 aliphatic rings. The van der Waals surface area contributed by atoms with E-state index in [-0.39, 0.29) is 0 Å². The Bertz CT molecular complexity index is 785. The Balaban J connectivity index is 1.84. The standard InChI is InChI=1S/C20H22N4/c1-24(2)10-7-16-12-17-11-15(13-21)3-5-20(17)19(16)6-4-18-14-22-8-9-23-18/h3,5,8-9,11,14H,4,6-7,10,12H2,1-2H3. The third-order valence-corrected chi connectivity index (χ3v) is 4.50. The highest BCUT2D eigenvalue weighted by molar-refractivity contribution is 5.77. The van der Waals surface area contributed by atoms with E-state index >= 15 is 0 Å². The van der Waals surface area contributed by atoms with Crippen LogP contribution in [0.1, 0.15) is 35.2 Å². The molecule has 0 atom stereocenters. The summed E-state index contributed by atoms with van der Waals surface area (Å²) in [5.74, 6) is 0. The average molecular weight is 318 g/mol. The van der Waals surface area contributed by atoms with Gasteiger partial charge in [-0.05, 0) is 68.6 Å². The van der Waals surface area contributed by atoms with Gasteiger partial charge < -0.3 is 4.90 Å². The number of hydrogen-bond donors (Lipinski definition) is 0. The van der Waals surface area contributed by atoms with Crippen LogP contribution in [0.25, 0.3) is 5.57 Å². The van der Waals surface area contributed by atoms with E-state index in [1.807, 2.05) is 18.3 Å². The normalized spacial score (nSPS) is 13.2. The molecular formula is C20H22N4. The van der Waals surface area contributed by atoms with Gasteiger partial charge in [-0.1, -0.05) is 11.6 Å². The van der Waals surface area contributed by atoms with E-state index in [2.05, 4.69) is 41.1 Å². The lowest BCUT2D eigenvalue weighted by atomic mass is 9.98. The number of allylic oxidation sites excluding steroid dienone is 1. The van der Waals surface area contributed by atoms with Crippen LogP contribution in [-0.2, 0) is 12.8 Å². The minimum Gasteiger partial charge on any atom is -0.309 e. The van der Waals surface area contributed by atoms with Crippen molar-refractivity contribution in [3.8, 4) is 6.07 Å². The number of nitriles is 1. The maximum atomic E-state index is 9.14. The van der Waals surface area contributed by atoms with Gasteiger partial charge in [0.1, 0.15) is 0 Å². The molecule has 0 bridgehead atoms. The van der Waals surface area contributed by atoms with Crippen LogP contribution in [0.5, 0.6) is 0 Å². The molecule has 3 rings (SSSR count). The van der Waals surface area contributed by atoms with Gasteiger partial charge in [-0.15, -0.1) is 0 Å². The lowest BCUT2D eigenvalue weighted by molar-refractivity contribution is 0.412. The molecule has 122 valence electrons. The summed E-state index contributed by atoms with van der Waals surface area (Å²) in [6.07, 6.45) is 9.20. The molecule has 0 saturated carbocycles. The smallest absolute Gasteiger partial charge is 0.0991 e. The first-order valence-electron chi connectivity index (χ1n) is 8.31. The Morgan fingerprint density at radius 1 is 1.17 bits per heavy atom. The molecule has 4 heteroatoms. The van der Waals surface area contributed by atoms with Crippen molar-refractivity contribution in [3.63, 3.8) is 0 Å². The number of fused-ring (bicyclic) bond motifs is 1. The van der Waals surface area contributed by atoms with Crippen LogP contribution >= 0.6 is 0 Å². The Morgan fingerprint density at radius 3 is 2.75 bits per heavy atom. The van der Waals surface area contributed by atoms with E-state index in [0.29, 0.717) is 0 Å². The molecule has 0 spiro atoms. The Hall–Kier alpha value is -2.51. The second kappa shape index (κ2) is 7.37. The number of nitrogens with zero attached hydrogens (tertiary/aromatic N) is 4. The topological polar surface area (TPSA) is 52.8 Å². The highest BCUT2D eigenvalue weighted by atomic mass is 15.0. The van der Waals surface area contributed by atoms with E-state index in [1.54, 1.807) is 12.4 Å². The average Bonchev–Trinajstić information content (AvgIpc) is 2.95. The molecule has 0 N–H and O–H groups in total. The minimum absolute atomic E-state index is 0.746. The Labute approximate surface area is 143 Å². The predicted octanol–water partition coefficient (Wildman–Crippen LogP) is 3.24. The van der Waals surface area contributed by atoms with Gasteiger partial charge in [0.25, 0.3) is 0 Å². The summed E-state index contributed by atoms with van der Waals surface area (Å²) in [7, 11) is 4.21. The van der Waals surface area contributed by atoms with Gasteiger partial charge >= 0.3 is 0 Å². The van der Waals surface area contributed by atoms with Crippen molar-refractivity contribution in [2.45, 2.75) is 25.7 Å². The molecule has 0 saturated heterocycles. The molecule has 24 heavy (non-hydrogen) atoms. The fourth-order valence-electron chi connectivity index (χ4n) is 3.25. The lowest BCUT2D eigenvalue weighted by Gasteiger charge is -2.12. The number of aryl methyl sites for hydroxylation is 1. The summed E-state index contributed by atoms with van der Waals surface area (Å²) in [6.45, 7) is 1.04. The fraction of sp³-hybridized carbons (Fsp3) is 0.350. The molecule has 0 amide bonds. The Morgan fingerprint density at radius 2 is 2.04 bits per heavy atom. The first kappa shape index (κ1) is 16.4. The van der Waals surface area contributed by atoms with Crippen molar-refractivity contribution in [1.82, 2.24) is 14.9 Å². The molecule has 0 fully saturated rings. The van der Waals surface area contributed by atoms with Crippen molar-refractivity contribution in [3.05, 3.63) is 64.7 Å². The van der Waals surface area contributed by atoms with E-state index < -0.39 is 0 Å². The van der Waals surface area contributed by atoms with Gasteiger partial charge in [-0.3, -0.25) is 9.97 Å². The zero-order valence-electron chi connectivity index (χ0n) is 14.3. The molecule has 1 aromatic heterocycles. The van der Waals surface area contributed by atoms with E-state index in [9.17, 15) is 0 Å². The first-order valence-corrected chi connectivity index (χ1v) is 8.31. The number of hydrogen-bond acceptors (Lipinski definition) is 4. The van der Waals surface area contributed by atoms with Crippen LogP contribution in [0, 0.1) is 11.3 Å². The van der Waals surface area contributed by atoms with Crippen LogP contribution in [0.4, 0.5) is 0 Å². The quantitative estimate of drug-likeness (QED) is 0.820. The van der Waals surface area contributed by atoms with Gasteiger partial charge in [-0.2, -0.15) is 5.26 Å². The van der Waals surface area contributed by atoms with Crippen LogP contribution in [0.2, 0.25) is 0 Å². The van der Waals surface area contributed by atoms with E-state index in [4.69, 9.17) is 5.26 Å². The zero-order valence-corrected chi connectivity index (χ0v) is 14.3. The Kier molecular flexibility index (Phi) is 5.02. The third-order valence-electron chi connectivity index (χ3n) is 4.50. The molecular weight excluding hydrogens is 296 g/mol. The summed E-state index contributed by atoms with van der Waals surface area (Å²) >= 11 is 0. The second-order valence-electron chi connectivity index (χ2n) is 6.49. The molecule has 0 unspecified atom stereocenters. The van der Waals surface area contributed by atoms with Gasteiger partial charge in [0.05, 0.1) is 17.3 Å². The third kappa shape index (κ3) is 3.69. The monoisotopic (exact) mass is 318 g/mol. The number of benzene rings is 1. The summed E-state index contributed by atoms with van der Waals surface area (Å²) in [4.78, 5) is 10.8. The van der Waals surface area contributed by atoms with Crippen molar-refractivity contribution in [2.75, 3.05) is 20.6 Å². The summed E-state index contributed by atoms with van der Waals surface area (Å²) in [5, 5.41) is 9.14. The van der Waals surface area contributed by atoms with Crippen molar-refractivity contribution < 1.29 is 0 Å². The zero-order chi connectivity index (χ0) is 16.9. The molecule has 1 heterocycles. The van der Waals surface area contributed by atoms with Gasteiger partial charge in [-0.25, -0.2) is 0 Å². The number of aromatic nitrogens is 2. The fourth-order valence-corrected chi connectivity index (χ4v) is 3.25. The molecule has 0 aliphatic heterocycles. The second-order valence-corrected chi connectivity index (χ2v) is 6.49. The molecule has 1 aromatic carbocycles. The molecule has 1 aliphatic carbocycles. The largest absolute Gasteiger partial charge is 0.309 e. The predicted molar refractivity (Wildman–Crippen MR) is 95.3 cm³/mol. The van der Waals surface area contributed by atoms with Crippen molar-refractivity contribution >= 4 is 5.57 Å². The molecule has 2 aromatic rings. The SMILES string of the molecule is CN(C)CCC1=C(CCc2cnccn2)c2ccc(C#N)cc2C1. The van der Waals surface area contributed by atoms with Gasteiger partial charge in [0, 0.05) is 25.1 Å². The van der Waals surface area contributed by atoms with Crippen LogP contribution < -0.4 is 0 Å². The van der Waals surface area contributed by atoms with Crippen molar-refractivity contribution in [1.29, 1.82) is 5.26 Å². The highest BCUT2D eigenvalue weighted by Gasteiger charge is 2.21. The van der Waals surface area contributed by atoms with E-state index in [1.165, 1.54) is 22.3 Å². The highest BCUT2D eigenvalue weighted by Crippen LogP contribution is 2.37. The summed E-state index contributed by atoms with van der Waals surface area (Å²) in [5.41, 5.74) is 7.30. The van der Waals surface area contributed by atoms with Crippen LogP contribution in [0.3, 0.4) is 0 Å². The van der Waals surface area contributed by atoms with Crippen molar-refractivity contribution in [2.24, 2.45) is 0 Å². The summed E-state index contributed by atoms with van der Waals surface area (Å²) < 4.78 is 0. The first-order chi connectivity index (χ1) is 11.7.